The van der Waals surface area contributed by atoms with Gasteiger partial charge in [0, 0.05) is 12.1 Å². The van der Waals surface area contributed by atoms with Crippen LogP contribution in [0.15, 0.2) is 47.4 Å². The van der Waals surface area contributed by atoms with Gasteiger partial charge in [0.25, 0.3) is 0 Å². The van der Waals surface area contributed by atoms with Crippen molar-refractivity contribution in [1.82, 2.24) is 14.6 Å². The molecule has 2 heterocycles. The van der Waals surface area contributed by atoms with E-state index in [0.717, 1.165) is 0 Å². The summed E-state index contributed by atoms with van der Waals surface area (Å²) in [6.07, 6.45) is 0.725. The molecule has 0 bridgehead atoms. The number of ether oxygens (including phenoxy) is 2. The van der Waals surface area contributed by atoms with Gasteiger partial charge in [0.05, 0.1) is 18.8 Å². The lowest BCUT2D eigenvalue weighted by Gasteiger charge is -2.22. The molecule has 1 aromatic carbocycles. The first-order valence-electron chi connectivity index (χ1n) is 10.6. The van der Waals surface area contributed by atoms with Gasteiger partial charge in [-0.25, -0.2) is 14.4 Å². The predicted molar refractivity (Wildman–Crippen MR) is 120 cm³/mol. The van der Waals surface area contributed by atoms with Crippen LogP contribution in [0, 0.1) is 5.92 Å². The lowest BCUT2D eigenvalue weighted by atomic mass is 10.1. The van der Waals surface area contributed by atoms with Crippen molar-refractivity contribution in [1.29, 1.82) is 0 Å². The molecule has 2 unspecified atom stereocenters. The molecule has 2 aromatic rings. The van der Waals surface area contributed by atoms with Gasteiger partial charge in [-0.1, -0.05) is 25.1 Å². The minimum Gasteiger partial charge on any atom is -0.462 e. The van der Waals surface area contributed by atoms with Crippen LogP contribution in [-0.4, -0.2) is 40.9 Å². The van der Waals surface area contributed by atoms with E-state index in [4.69, 9.17) is 24.3 Å². The Hall–Kier alpha value is -2.72. The number of aromatic nitrogens is 2. The van der Waals surface area contributed by atoms with E-state index < -0.39 is 31.7 Å². The van der Waals surface area contributed by atoms with Crippen molar-refractivity contribution >= 4 is 19.5 Å². The van der Waals surface area contributed by atoms with Gasteiger partial charge < -0.3 is 19.7 Å². The second kappa shape index (κ2) is 10.9. The number of esters is 1. The lowest BCUT2D eigenvalue weighted by molar-refractivity contribution is -0.145. The second-order valence-corrected chi connectivity index (χ2v) is 9.73. The van der Waals surface area contributed by atoms with Crippen LogP contribution in [0.5, 0.6) is 5.75 Å². The van der Waals surface area contributed by atoms with Crippen LogP contribution < -0.4 is 21.0 Å². The molecule has 0 spiro atoms. The van der Waals surface area contributed by atoms with Crippen molar-refractivity contribution in [3.8, 4) is 5.75 Å². The Kier molecular flexibility index (Phi) is 8.25. The van der Waals surface area contributed by atoms with Crippen molar-refractivity contribution < 1.29 is 27.9 Å². The number of anilines is 1. The third-order valence-corrected chi connectivity index (χ3v) is 6.25. The lowest BCUT2D eigenvalue weighted by Crippen LogP contribution is -2.30. The summed E-state index contributed by atoms with van der Waals surface area (Å²) in [7, 11) is -3.95. The number of nitrogen functional groups attached to an aromatic ring is 1. The number of carbonyl (C=O) groups is 1. The van der Waals surface area contributed by atoms with Crippen molar-refractivity contribution in [3.05, 3.63) is 53.1 Å². The van der Waals surface area contributed by atoms with E-state index >= 15 is 0 Å². The maximum Gasteiger partial charge on any atom is 0.459 e. The predicted octanol–water partition coefficient (Wildman–Crippen LogP) is 2.49. The molecule has 0 aliphatic carbocycles. The molecule has 12 heteroatoms. The summed E-state index contributed by atoms with van der Waals surface area (Å²) in [6, 6.07) is 9.98. The first-order valence-corrected chi connectivity index (χ1v) is 12.1. The summed E-state index contributed by atoms with van der Waals surface area (Å²) < 4.78 is 36.9. The zero-order valence-corrected chi connectivity index (χ0v) is 19.6. The van der Waals surface area contributed by atoms with Gasteiger partial charge in [-0.3, -0.25) is 13.9 Å². The molecule has 180 valence electrons. The molecule has 1 aliphatic heterocycles. The molecule has 1 aromatic heterocycles. The smallest absolute Gasteiger partial charge is 0.459 e. The first-order chi connectivity index (χ1) is 15.6. The van der Waals surface area contributed by atoms with E-state index in [0.29, 0.717) is 12.2 Å². The molecule has 0 radical (unpaired) electrons. The fourth-order valence-corrected chi connectivity index (χ4v) is 4.65. The number of hydrogen-bond acceptors (Lipinski definition) is 9. The number of nitrogens with zero attached hydrogens (tertiary/aromatic N) is 2. The van der Waals surface area contributed by atoms with Crippen LogP contribution in [0.25, 0.3) is 0 Å². The summed E-state index contributed by atoms with van der Waals surface area (Å²) in [5.41, 5.74) is 5.04. The van der Waals surface area contributed by atoms with E-state index in [2.05, 4.69) is 10.1 Å². The van der Waals surface area contributed by atoms with Gasteiger partial charge in [0.1, 0.15) is 24.3 Å². The Morgan fingerprint density at radius 1 is 1.33 bits per heavy atom. The van der Waals surface area contributed by atoms with E-state index in [-0.39, 0.29) is 31.0 Å². The Morgan fingerprint density at radius 3 is 2.73 bits per heavy atom. The highest BCUT2D eigenvalue weighted by Gasteiger charge is 2.37. The molecule has 4 atom stereocenters. The van der Waals surface area contributed by atoms with Crippen molar-refractivity contribution in [2.45, 2.75) is 45.6 Å². The summed E-state index contributed by atoms with van der Waals surface area (Å²) in [4.78, 5) is 27.8. The average Bonchev–Trinajstić information content (AvgIpc) is 3.12. The molecular weight excluding hydrogens is 451 g/mol. The summed E-state index contributed by atoms with van der Waals surface area (Å²) in [5.74, 6) is -0.192. The van der Waals surface area contributed by atoms with Crippen molar-refractivity contribution in [3.63, 3.8) is 0 Å². The van der Waals surface area contributed by atoms with E-state index in [1.165, 1.54) is 16.8 Å². The monoisotopic (exact) mass is 480 g/mol. The topological polar surface area (TPSA) is 144 Å². The maximum absolute atomic E-state index is 13.4. The van der Waals surface area contributed by atoms with Gasteiger partial charge in [0.2, 0.25) is 0 Å². The minimum atomic E-state index is -3.95. The number of carbonyl (C=O) groups excluding carboxylic acids is 1. The van der Waals surface area contributed by atoms with Gasteiger partial charge in [-0.05, 0) is 38.5 Å². The largest absolute Gasteiger partial charge is 0.462 e. The van der Waals surface area contributed by atoms with E-state index in [1.807, 2.05) is 6.92 Å². The highest BCUT2D eigenvalue weighted by molar-refractivity contribution is 7.52. The highest BCUT2D eigenvalue weighted by Crippen LogP contribution is 2.45. The summed E-state index contributed by atoms with van der Waals surface area (Å²) >= 11 is 0. The normalized spacial score (nSPS) is 22.1. The molecule has 1 fully saturated rings. The highest BCUT2D eigenvalue weighted by atomic mass is 31.2. The Balaban J connectivity index is 1.66. The number of hydrogen-bond donors (Lipinski definition) is 2. The third kappa shape index (κ3) is 7.13. The third-order valence-electron chi connectivity index (χ3n) is 4.76. The zero-order valence-electron chi connectivity index (χ0n) is 18.7. The standard InChI is InChI=1S/C21H29N4O7P/c1-14(2)30-19(26)12-23-33(28,32-16-7-5-4-6-8-16)29-13-17-11-15(3)20(31-17)25-10-9-18(22)24-21(25)27/h4-10,14-15,17,20H,11-13H2,1-3H3,(H,23,28)(H2,22,24,27)/t15?,17-,20+,33?/m0/s1. The number of benzene rings is 1. The number of nitrogens with two attached hydrogens (primary N) is 1. The Bertz CT molecular complexity index is 1050. The second-order valence-electron chi connectivity index (χ2n) is 7.97. The fourth-order valence-electron chi connectivity index (χ4n) is 3.36. The Labute approximate surface area is 191 Å². The molecule has 33 heavy (non-hydrogen) atoms. The summed E-state index contributed by atoms with van der Waals surface area (Å²) in [5, 5.41) is 2.55. The first kappa shape index (κ1) is 24.9. The van der Waals surface area contributed by atoms with Gasteiger partial charge in [0.15, 0.2) is 0 Å². The minimum absolute atomic E-state index is 0.0369. The van der Waals surface area contributed by atoms with Crippen LogP contribution in [0.4, 0.5) is 5.82 Å². The molecule has 3 rings (SSSR count). The van der Waals surface area contributed by atoms with Crippen LogP contribution in [0.2, 0.25) is 0 Å². The average molecular weight is 480 g/mol. The molecular formula is C21H29N4O7P. The molecule has 3 N–H and O–H groups in total. The number of rotatable bonds is 10. The van der Waals surface area contributed by atoms with Crippen LogP contribution in [0.1, 0.15) is 33.4 Å². The van der Waals surface area contributed by atoms with E-state index in [9.17, 15) is 14.2 Å². The molecule has 11 nitrogen and oxygen atoms in total. The number of para-hydroxylation sites is 1. The van der Waals surface area contributed by atoms with Gasteiger partial charge >= 0.3 is 19.4 Å². The van der Waals surface area contributed by atoms with Crippen LogP contribution >= 0.6 is 7.75 Å². The molecule has 1 saturated heterocycles. The molecule has 0 saturated carbocycles. The maximum atomic E-state index is 13.4. The van der Waals surface area contributed by atoms with E-state index in [1.54, 1.807) is 44.2 Å². The zero-order chi connectivity index (χ0) is 24.0. The van der Waals surface area contributed by atoms with Crippen molar-refractivity contribution in [2.24, 2.45) is 5.92 Å². The van der Waals surface area contributed by atoms with Crippen molar-refractivity contribution in [2.75, 3.05) is 18.9 Å². The van der Waals surface area contributed by atoms with Crippen LogP contribution in [-0.2, 0) is 23.4 Å². The van der Waals surface area contributed by atoms with Gasteiger partial charge in [-0.2, -0.15) is 4.98 Å². The number of nitrogens with one attached hydrogen (secondary N) is 1. The quantitative estimate of drug-likeness (QED) is 0.384. The fraction of sp³-hybridized carbons (Fsp3) is 0.476. The van der Waals surface area contributed by atoms with Crippen LogP contribution in [0.3, 0.4) is 0 Å². The molecule has 0 amide bonds. The van der Waals surface area contributed by atoms with Gasteiger partial charge in [-0.15, -0.1) is 0 Å². The Morgan fingerprint density at radius 2 is 2.06 bits per heavy atom. The summed E-state index contributed by atoms with van der Waals surface area (Å²) in [6.45, 7) is 4.90. The SMILES string of the molecule is CC(C)OC(=O)CNP(=O)(OC[C@@H]1CC(C)[C@H](n2ccc(N)nc2=O)O1)Oc1ccccc1. The molecule has 1 aliphatic rings.